The van der Waals surface area contributed by atoms with E-state index in [-0.39, 0.29) is 51.2 Å². The zero-order chi connectivity index (χ0) is 74.4. The summed E-state index contributed by atoms with van der Waals surface area (Å²) in [6, 6.07) is 96.5. The van der Waals surface area contributed by atoms with Crippen molar-refractivity contribution in [2.75, 3.05) is 9.80 Å². The third kappa shape index (κ3) is 11.6. The molecule has 0 bridgehead atoms. The molecule has 502 valence electrons. The van der Waals surface area contributed by atoms with Gasteiger partial charge in [0.15, 0.2) is 0 Å². The van der Waals surface area contributed by atoms with Crippen LogP contribution in [0.15, 0.2) is 285 Å². The first-order valence-electron chi connectivity index (χ1n) is 38.3. The molecule has 0 atom stereocenters. The Labute approximate surface area is 611 Å². The van der Waals surface area contributed by atoms with Gasteiger partial charge in [-0.1, -0.05) is 346 Å². The van der Waals surface area contributed by atoms with Gasteiger partial charge in [0.1, 0.15) is 0 Å². The maximum absolute atomic E-state index is 10.2. The summed E-state index contributed by atoms with van der Waals surface area (Å²) < 4.78 is 41.3. The van der Waals surface area contributed by atoms with Crippen LogP contribution < -0.4 is 26.2 Å². The van der Waals surface area contributed by atoms with Crippen LogP contribution in [-0.2, 0) is 27.1 Å². The van der Waals surface area contributed by atoms with Crippen LogP contribution in [0.2, 0.25) is 0 Å². The molecule has 4 heteroatoms. The minimum Gasteiger partial charge on any atom is -0.310 e. The maximum Gasteiger partial charge on any atom is 0.252 e. The van der Waals surface area contributed by atoms with Crippen molar-refractivity contribution in [3.8, 4) is 72.4 Å². The summed E-state index contributed by atoms with van der Waals surface area (Å²) in [7, 11) is 0. The van der Waals surface area contributed by atoms with E-state index in [9.17, 15) is 5.48 Å². The van der Waals surface area contributed by atoms with Gasteiger partial charge >= 0.3 is 0 Å². The van der Waals surface area contributed by atoms with E-state index in [0.29, 0.717) is 10.9 Å². The lowest BCUT2D eigenvalue weighted by Crippen LogP contribution is -2.61. The van der Waals surface area contributed by atoms with Gasteiger partial charge in [0.05, 0.1) is 33.6 Å². The number of anilines is 6. The van der Waals surface area contributed by atoms with Crippen LogP contribution in [0.5, 0.6) is 0 Å². The molecule has 0 aliphatic carbocycles. The second-order valence-corrected chi connectivity index (χ2v) is 33.6. The Morgan fingerprint density at radius 3 is 1.00 bits per heavy atom. The summed E-state index contributed by atoms with van der Waals surface area (Å²) in [6.45, 7) is 34.1. The van der Waals surface area contributed by atoms with Crippen LogP contribution in [0.3, 0.4) is 0 Å². The van der Waals surface area contributed by atoms with Crippen molar-refractivity contribution in [3.63, 3.8) is 0 Å². The predicted molar refractivity (Wildman–Crippen MR) is 441 cm³/mol. The fourth-order valence-corrected chi connectivity index (χ4v) is 15.7. The quantitative estimate of drug-likeness (QED) is 0.133. The maximum atomic E-state index is 10.2. The molecule has 3 heterocycles. The lowest BCUT2D eigenvalue weighted by molar-refractivity contribution is 0.568. The van der Waals surface area contributed by atoms with Crippen LogP contribution in [-0.4, -0.2) is 11.3 Å². The summed E-state index contributed by atoms with van der Waals surface area (Å²) >= 11 is 0. The molecule has 0 saturated heterocycles. The van der Waals surface area contributed by atoms with Gasteiger partial charge in [-0.25, -0.2) is 0 Å². The molecule has 0 amide bonds. The van der Waals surface area contributed by atoms with Crippen molar-refractivity contribution < 1.29 is 5.48 Å². The third-order valence-electron chi connectivity index (χ3n) is 21.4. The van der Waals surface area contributed by atoms with Crippen LogP contribution >= 0.6 is 0 Å². The van der Waals surface area contributed by atoms with Gasteiger partial charge in [0.25, 0.3) is 6.71 Å². The van der Waals surface area contributed by atoms with Gasteiger partial charge in [-0.3, -0.25) is 0 Å². The zero-order valence-electron chi connectivity index (χ0n) is 65.7. The number of aromatic nitrogens is 1. The second kappa shape index (κ2) is 24.6. The van der Waals surface area contributed by atoms with Gasteiger partial charge in [-0.05, 0) is 158 Å². The standard InChI is InChI=1S/C98H92BN3/c1-94(2,3)71-48-51-86-82(60-71)81-40-28-29-45-85(81)100(86)76-61-89-91-90(62-76)102(93-79(65-36-24-18-25-37-65)43-31-44-80(93)66-38-26-19-27-39-66)88-50-47-68(70-54-74(97(10,11)12)59-75(55-70)98(13,14)15)57-84(88)99(91)83-56-67(69-52-72(95(4,5)6)58-73(53-69)96(7,8)9)46-49-87(83)101(89)92-77(63-32-20-16-21-33-63)41-30-42-78(92)64-34-22-17-23-35-64/h16-62H,1-15H3/i28D,29D,40D,45D. The SMILES string of the molecule is [2H]c1c([2H])c([2H])c2c(c1[2H])c1cc(C(C)(C)C)ccc1n2-c1cc2c3c(c1)N(c1c(-c4ccccc4)cccc1-c1ccccc1)c1ccc(-c4cc(C(C)(C)C)cc(C(C)(C)C)c4)cc1B3c1cc(-c3cc(C(C)(C)C)cc(C(C)(C)C)c3)ccc1N2c1c(-c2ccccc2)cccc1-c1ccccc1. The van der Waals surface area contributed by atoms with Gasteiger partial charge in [0, 0.05) is 55.8 Å². The first-order valence-corrected chi connectivity index (χ1v) is 36.3. The van der Waals surface area contributed by atoms with Gasteiger partial charge in [0.2, 0.25) is 0 Å². The lowest BCUT2D eigenvalue weighted by atomic mass is 9.33. The van der Waals surface area contributed by atoms with Crippen molar-refractivity contribution in [1.29, 1.82) is 0 Å². The predicted octanol–water partition coefficient (Wildman–Crippen LogP) is 25.4. The molecular weight excluding hydrogens is 1230 g/mol. The Morgan fingerprint density at radius 2 is 0.637 bits per heavy atom. The minimum atomic E-state index is -0.407. The fourth-order valence-electron chi connectivity index (χ4n) is 15.7. The zero-order valence-corrected chi connectivity index (χ0v) is 61.7. The number of hydrogen-bond donors (Lipinski definition) is 0. The highest BCUT2D eigenvalue weighted by Crippen LogP contribution is 2.55. The van der Waals surface area contributed by atoms with E-state index in [4.69, 9.17) is 0 Å². The van der Waals surface area contributed by atoms with Crippen molar-refractivity contribution >= 4 is 79.0 Å². The highest BCUT2D eigenvalue weighted by Gasteiger charge is 2.46. The molecule has 0 unspecified atom stereocenters. The van der Waals surface area contributed by atoms with E-state index in [0.717, 1.165) is 139 Å². The highest BCUT2D eigenvalue weighted by atomic mass is 15.2. The molecule has 13 aromatic carbocycles. The van der Waals surface area contributed by atoms with Crippen LogP contribution in [0.25, 0.3) is 94.3 Å². The number of rotatable bonds is 9. The van der Waals surface area contributed by atoms with Crippen molar-refractivity contribution in [3.05, 3.63) is 313 Å². The Kier molecular flexibility index (Phi) is 14.7. The first kappa shape index (κ1) is 61.2. The summed E-state index contributed by atoms with van der Waals surface area (Å²) in [5, 5.41) is 1.25. The van der Waals surface area contributed by atoms with Gasteiger partial charge in [-0.15, -0.1) is 0 Å². The summed E-state index contributed by atoms with van der Waals surface area (Å²) in [5.74, 6) is 0. The highest BCUT2D eigenvalue weighted by molar-refractivity contribution is 7.00. The topological polar surface area (TPSA) is 11.4 Å². The molecule has 2 aliphatic rings. The van der Waals surface area contributed by atoms with E-state index in [2.05, 4.69) is 379 Å². The number of benzene rings is 13. The van der Waals surface area contributed by atoms with E-state index in [1.165, 1.54) is 22.3 Å². The largest absolute Gasteiger partial charge is 0.310 e. The Hall–Kier alpha value is -10.7. The lowest BCUT2D eigenvalue weighted by Gasteiger charge is -2.46. The van der Waals surface area contributed by atoms with Crippen molar-refractivity contribution in [1.82, 2.24) is 4.57 Å². The number of para-hydroxylation sites is 3. The van der Waals surface area contributed by atoms with Gasteiger partial charge in [-0.2, -0.15) is 0 Å². The molecule has 3 nitrogen and oxygen atoms in total. The molecule has 0 radical (unpaired) electrons. The average Bonchev–Trinajstić information content (AvgIpc) is 0.926. The van der Waals surface area contributed by atoms with Gasteiger partial charge < -0.3 is 14.4 Å². The Balaban J connectivity index is 1.15. The molecule has 102 heavy (non-hydrogen) atoms. The molecule has 0 saturated carbocycles. The number of nitrogens with zero attached hydrogens (tertiary/aromatic N) is 3. The normalized spacial score (nSPS) is 13.7. The first-order chi connectivity index (χ1) is 50.4. The van der Waals surface area contributed by atoms with Crippen molar-refractivity contribution in [2.24, 2.45) is 0 Å². The third-order valence-corrected chi connectivity index (χ3v) is 21.4. The van der Waals surface area contributed by atoms with Crippen molar-refractivity contribution in [2.45, 2.75) is 131 Å². The van der Waals surface area contributed by atoms with E-state index < -0.39 is 6.71 Å². The molecule has 14 aromatic rings. The smallest absolute Gasteiger partial charge is 0.252 e. The molecule has 1 aromatic heterocycles. The molecule has 0 fully saturated rings. The molecule has 16 rings (SSSR count). The molecule has 0 spiro atoms. The second-order valence-electron chi connectivity index (χ2n) is 33.6. The van der Waals surface area contributed by atoms with E-state index in [1.807, 2.05) is 0 Å². The van der Waals surface area contributed by atoms with Crippen LogP contribution in [0.1, 0.15) is 137 Å². The summed E-state index contributed by atoms with van der Waals surface area (Å²) in [5.41, 5.74) is 29.6. The Morgan fingerprint density at radius 1 is 0.275 bits per heavy atom. The average molecular weight is 1330 g/mol. The van der Waals surface area contributed by atoms with Crippen LogP contribution in [0, 0.1) is 0 Å². The molecule has 2 aliphatic heterocycles. The minimum absolute atomic E-state index is 0.0678. The monoisotopic (exact) mass is 1330 g/mol. The fraction of sp³-hybridized carbons (Fsp3) is 0.204. The molecule has 0 N–H and O–H groups in total. The van der Waals surface area contributed by atoms with Crippen LogP contribution in [0.4, 0.5) is 34.1 Å². The molecular formula is C98H92BN3. The van der Waals surface area contributed by atoms with E-state index >= 15 is 0 Å². The Bertz CT molecular complexity index is 5380. The number of fused-ring (bicyclic) bond motifs is 7. The summed E-state index contributed by atoms with van der Waals surface area (Å²) in [4.78, 5) is 5.15. The number of hydrogen-bond acceptors (Lipinski definition) is 2. The van der Waals surface area contributed by atoms with E-state index in [1.54, 1.807) is 0 Å². The summed E-state index contributed by atoms with van der Waals surface area (Å²) in [6.07, 6.45) is 0.